The predicted molar refractivity (Wildman–Crippen MR) is 68.2 cm³/mol. The molecule has 0 unspecified atom stereocenters. The number of aromatic nitrogens is 4. The van der Waals surface area contributed by atoms with Crippen molar-refractivity contribution in [2.24, 2.45) is 0 Å². The summed E-state index contributed by atoms with van der Waals surface area (Å²) >= 11 is 0. The van der Waals surface area contributed by atoms with Gasteiger partial charge in [0.15, 0.2) is 11.5 Å². The summed E-state index contributed by atoms with van der Waals surface area (Å²) in [6.07, 6.45) is 0. The van der Waals surface area contributed by atoms with Gasteiger partial charge in [0, 0.05) is 5.39 Å². The Morgan fingerprint density at radius 2 is 2.32 bits per heavy atom. The first kappa shape index (κ1) is 11.7. The molecule has 0 aliphatic heterocycles. The van der Waals surface area contributed by atoms with Crippen LogP contribution < -0.4 is 10.4 Å². The second kappa shape index (κ2) is 4.36. The molecule has 0 atom stereocenters. The molecular formula is C12H12N4O3. The smallest absolute Gasteiger partial charge is 0.348 e. The van der Waals surface area contributed by atoms with Crippen molar-refractivity contribution in [3.63, 3.8) is 0 Å². The van der Waals surface area contributed by atoms with Gasteiger partial charge in [-0.05, 0) is 25.1 Å². The van der Waals surface area contributed by atoms with E-state index in [0.29, 0.717) is 23.5 Å². The zero-order valence-electron chi connectivity index (χ0n) is 10.3. The molecule has 0 amide bonds. The van der Waals surface area contributed by atoms with Crippen LogP contribution in [0.15, 0.2) is 23.0 Å². The minimum absolute atomic E-state index is 0.208. The second-order valence-electron chi connectivity index (χ2n) is 3.99. The third-order valence-electron chi connectivity index (χ3n) is 2.77. The number of ether oxygens (including phenoxy) is 1. The standard InChI is InChI=1S/C12H12N4O3/c1-2-19-7-3-4-9-8(5-7)11-14-10(6-17)15-16(11)12(18)13-9/h3-5,17H,2,6H2,1H3,(H,13,18). The summed E-state index contributed by atoms with van der Waals surface area (Å²) in [5, 5.41) is 13.7. The number of nitrogens with one attached hydrogen (secondary N) is 1. The van der Waals surface area contributed by atoms with E-state index in [9.17, 15) is 4.79 Å². The second-order valence-corrected chi connectivity index (χ2v) is 3.99. The van der Waals surface area contributed by atoms with E-state index < -0.39 is 0 Å². The third kappa shape index (κ3) is 1.84. The molecule has 3 rings (SSSR count). The molecule has 0 radical (unpaired) electrons. The lowest BCUT2D eigenvalue weighted by atomic mass is 10.2. The van der Waals surface area contributed by atoms with Gasteiger partial charge in [0.2, 0.25) is 0 Å². The van der Waals surface area contributed by atoms with Gasteiger partial charge >= 0.3 is 5.69 Å². The van der Waals surface area contributed by atoms with Crippen molar-refractivity contribution in [3.8, 4) is 5.75 Å². The summed E-state index contributed by atoms with van der Waals surface area (Å²) in [6, 6.07) is 5.33. The van der Waals surface area contributed by atoms with Crippen molar-refractivity contribution in [3.05, 3.63) is 34.5 Å². The molecule has 0 spiro atoms. The summed E-state index contributed by atoms with van der Waals surface area (Å²) in [7, 11) is 0. The van der Waals surface area contributed by atoms with Crippen LogP contribution in [0.5, 0.6) is 5.75 Å². The number of nitrogens with zero attached hydrogens (tertiary/aromatic N) is 3. The van der Waals surface area contributed by atoms with E-state index in [1.165, 1.54) is 0 Å². The highest BCUT2D eigenvalue weighted by atomic mass is 16.5. The summed E-state index contributed by atoms with van der Waals surface area (Å²) in [6.45, 7) is 2.14. The van der Waals surface area contributed by atoms with Crippen LogP contribution in [0.25, 0.3) is 16.6 Å². The van der Waals surface area contributed by atoms with Crippen LogP contribution in [0, 0.1) is 0 Å². The Labute approximate surface area is 107 Å². The lowest BCUT2D eigenvalue weighted by molar-refractivity contribution is 0.271. The number of hydrogen-bond acceptors (Lipinski definition) is 5. The number of aliphatic hydroxyl groups excluding tert-OH is 1. The molecule has 0 bridgehead atoms. The number of benzene rings is 1. The first-order valence-corrected chi connectivity index (χ1v) is 5.88. The van der Waals surface area contributed by atoms with Crippen molar-refractivity contribution in [1.29, 1.82) is 0 Å². The predicted octanol–water partition coefficient (Wildman–Crippen LogP) is 0.462. The third-order valence-corrected chi connectivity index (χ3v) is 2.77. The molecule has 1 aromatic carbocycles. The van der Waals surface area contributed by atoms with Gasteiger partial charge in [0.05, 0.1) is 12.1 Å². The van der Waals surface area contributed by atoms with Crippen molar-refractivity contribution >= 4 is 16.6 Å². The molecular weight excluding hydrogens is 248 g/mol. The van der Waals surface area contributed by atoms with Gasteiger partial charge < -0.3 is 14.8 Å². The Morgan fingerprint density at radius 3 is 3.05 bits per heavy atom. The lowest BCUT2D eigenvalue weighted by Crippen LogP contribution is -2.17. The average molecular weight is 260 g/mol. The van der Waals surface area contributed by atoms with Crippen molar-refractivity contribution in [1.82, 2.24) is 19.6 Å². The monoisotopic (exact) mass is 260 g/mol. The minimum atomic E-state index is -0.390. The van der Waals surface area contributed by atoms with Crippen LogP contribution in [0.2, 0.25) is 0 Å². The fourth-order valence-corrected chi connectivity index (χ4v) is 1.98. The first-order valence-electron chi connectivity index (χ1n) is 5.88. The van der Waals surface area contributed by atoms with E-state index in [0.717, 1.165) is 9.90 Å². The highest BCUT2D eigenvalue weighted by Crippen LogP contribution is 2.21. The van der Waals surface area contributed by atoms with E-state index in [1.807, 2.05) is 6.92 Å². The maximum Gasteiger partial charge on any atom is 0.348 e. The highest BCUT2D eigenvalue weighted by molar-refractivity contribution is 5.91. The molecule has 2 N–H and O–H groups in total. The maximum absolute atomic E-state index is 11.8. The van der Waals surface area contributed by atoms with Gasteiger partial charge in [-0.3, -0.25) is 0 Å². The van der Waals surface area contributed by atoms with E-state index in [4.69, 9.17) is 9.84 Å². The largest absolute Gasteiger partial charge is 0.494 e. The molecule has 2 aromatic heterocycles. The van der Waals surface area contributed by atoms with Crippen LogP contribution >= 0.6 is 0 Å². The molecule has 7 heteroatoms. The maximum atomic E-state index is 11.8. The molecule has 0 saturated heterocycles. The highest BCUT2D eigenvalue weighted by Gasteiger charge is 2.11. The number of H-pyrrole nitrogens is 1. The number of aliphatic hydroxyl groups is 1. The number of fused-ring (bicyclic) bond motifs is 3. The average Bonchev–Trinajstić information content (AvgIpc) is 2.85. The van der Waals surface area contributed by atoms with E-state index in [2.05, 4.69) is 15.1 Å². The molecule has 19 heavy (non-hydrogen) atoms. The van der Waals surface area contributed by atoms with Gasteiger partial charge in [0.1, 0.15) is 12.4 Å². The van der Waals surface area contributed by atoms with Gasteiger partial charge in [-0.2, -0.15) is 4.52 Å². The van der Waals surface area contributed by atoms with E-state index in [1.54, 1.807) is 18.2 Å². The van der Waals surface area contributed by atoms with Crippen LogP contribution in [0.1, 0.15) is 12.7 Å². The quantitative estimate of drug-likeness (QED) is 0.713. The molecule has 0 fully saturated rings. The number of rotatable bonds is 3. The normalized spacial score (nSPS) is 11.3. The van der Waals surface area contributed by atoms with Crippen LogP contribution in [-0.2, 0) is 6.61 Å². The molecule has 0 aliphatic rings. The molecule has 0 aliphatic carbocycles. The van der Waals surface area contributed by atoms with E-state index >= 15 is 0 Å². The van der Waals surface area contributed by atoms with E-state index in [-0.39, 0.29) is 18.1 Å². The van der Waals surface area contributed by atoms with Gasteiger partial charge in [-0.1, -0.05) is 0 Å². The Kier molecular flexibility index (Phi) is 2.68. The summed E-state index contributed by atoms with van der Waals surface area (Å²) in [4.78, 5) is 18.7. The van der Waals surface area contributed by atoms with Crippen LogP contribution in [0.4, 0.5) is 0 Å². The number of hydrogen-bond donors (Lipinski definition) is 2. The molecule has 0 saturated carbocycles. The van der Waals surface area contributed by atoms with Gasteiger partial charge in [-0.15, -0.1) is 5.10 Å². The zero-order valence-corrected chi connectivity index (χ0v) is 10.3. The van der Waals surface area contributed by atoms with Crippen molar-refractivity contribution < 1.29 is 9.84 Å². The molecule has 2 heterocycles. The van der Waals surface area contributed by atoms with Crippen LogP contribution in [-0.4, -0.2) is 31.3 Å². The Balaban J connectivity index is 2.37. The minimum Gasteiger partial charge on any atom is -0.494 e. The number of aromatic amines is 1. The molecule has 7 nitrogen and oxygen atoms in total. The van der Waals surface area contributed by atoms with Gasteiger partial charge in [-0.25, -0.2) is 9.78 Å². The summed E-state index contributed by atoms with van der Waals surface area (Å²) in [5.74, 6) is 0.900. The van der Waals surface area contributed by atoms with Crippen molar-refractivity contribution in [2.45, 2.75) is 13.5 Å². The van der Waals surface area contributed by atoms with Gasteiger partial charge in [0.25, 0.3) is 0 Å². The fraction of sp³-hybridized carbons (Fsp3) is 0.250. The molecule has 98 valence electrons. The fourth-order valence-electron chi connectivity index (χ4n) is 1.98. The lowest BCUT2D eigenvalue weighted by Gasteiger charge is -2.04. The SMILES string of the molecule is CCOc1ccc2[nH]c(=O)n3nc(CO)nc3c2c1. The topological polar surface area (TPSA) is 92.5 Å². The zero-order chi connectivity index (χ0) is 13.4. The molecule has 3 aromatic rings. The Bertz CT molecular complexity index is 806. The first-order chi connectivity index (χ1) is 9.22. The summed E-state index contributed by atoms with van der Waals surface area (Å²) in [5.41, 5.74) is 0.668. The Morgan fingerprint density at radius 1 is 1.47 bits per heavy atom. The van der Waals surface area contributed by atoms with Crippen molar-refractivity contribution in [2.75, 3.05) is 6.61 Å². The Hall–Kier alpha value is -2.41. The summed E-state index contributed by atoms with van der Waals surface area (Å²) < 4.78 is 6.57. The van der Waals surface area contributed by atoms with Crippen LogP contribution in [0.3, 0.4) is 0 Å².